The van der Waals surface area contributed by atoms with Gasteiger partial charge in [0.1, 0.15) is 10.7 Å². The molecule has 0 radical (unpaired) electrons. The molecule has 1 aromatic carbocycles. The molecule has 0 saturated heterocycles. The molecule has 1 aliphatic carbocycles. The summed E-state index contributed by atoms with van der Waals surface area (Å²) >= 11 is 0. The lowest BCUT2D eigenvalue weighted by Crippen LogP contribution is -2.26. The van der Waals surface area contributed by atoms with E-state index in [9.17, 15) is 27.4 Å². The van der Waals surface area contributed by atoms with Gasteiger partial charge in [-0.1, -0.05) is 0 Å². The number of hydrogen-bond acceptors (Lipinski definition) is 6. The molecule has 2 amide bonds. The van der Waals surface area contributed by atoms with E-state index in [0.717, 1.165) is 34.6 Å². The SMILES string of the molecule is Nc1c2c(cc(=O)n1-c1cc3c(cc1S(=O)(=O)O)CCCC3)C(=O)NC2=O. The molecule has 2 aromatic rings. The number of nitrogen functional groups attached to an aromatic ring is 1. The highest BCUT2D eigenvalue weighted by molar-refractivity contribution is 7.86. The summed E-state index contributed by atoms with van der Waals surface area (Å²) in [5.74, 6) is -1.87. The van der Waals surface area contributed by atoms with E-state index >= 15 is 0 Å². The molecule has 140 valence electrons. The molecule has 0 saturated carbocycles. The molecule has 1 aromatic heterocycles. The molecule has 1 aliphatic heterocycles. The quantitative estimate of drug-likeness (QED) is 0.498. The van der Waals surface area contributed by atoms with Gasteiger partial charge in [-0.05, 0) is 48.9 Å². The third kappa shape index (κ3) is 2.64. The molecule has 0 atom stereocenters. The Morgan fingerprint density at radius 1 is 1.00 bits per heavy atom. The largest absolute Gasteiger partial charge is 0.384 e. The number of nitrogens with zero attached hydrogens (tertiary/aromatic N) is 1. The second-order valence-electron chi connectivity index (χ2n) is 6.55. The van der Waals surface area contributed by atoms with E-state index in [1.165, 1.54) is 12.1 Å². The maximum Gasteiger partial charge on any atom is 0.296 e. The minimum atomic E-state index is -4.67. The summed E-state index contributed by atoms with van der Waals surface area (Å²) < 4.78 is 34.4. The number of aromatic nitrogens is 1. The van der Waals surface area contributed by atoms with Crippen molar-refractivity contribution in [3.05, 3.63) is 50.8 Å². The van der Waals surface area contributed by atoms with Crippen molar-refractivity contribution in [1.82, 2.24) is 9.88 Å². The number of benzene rings is 1. The van der Waals surface area contributed by atoms with Gasteiger partial charge in [0.15, 0.2) is 0 Å². The van der Waals surface area contributed by atoms with Crippen molar-refractivity contribution in [1.29, 1.82) is 0 Å². The summed E-state index contributed by atoms with van der Waals surface area (Å²) in [5.41, 5.74) is 6.32. The van der Waals surface area contributed by atoms with E-state index in [0.29, 0.717) is 12.8 Å². The lowest BCUT2D eigenvalue weighted by molar-refractivity contribution is 0.0880. The normalized spacial score (nSPS) is 16.0. The zero-order valence-corrected chi connectivity index (χ0v) is 14.8. The number of amides is 2. The van der Waals surface area contributed by atoms with Crippen LogP contribution in [0.4, 0.5) is 5.82 Å². The Hall–Kier alpha value is -2.98. The Balaban J connectivity index is 2.08. The average molecular weight is 389 g/mol. The fraction of sp³-hybridized carbons (Fsp3) is 0.235. The molecule has 10 heteroatoms. The molecule has 4 rings (SSSR count). The maximum absolute atomic E-state index is 12.6. The van der Waals surface area contributed by atoms with Crippen LogP contribution in [-0.4, -0.2) is 29.4 Å². The summed E-state index contributed by atoms with van der Waals surface area (Å²) in [6.07, 6.45) is 3.14. The summed E-state index contributed by atoms with van der Waals surface area (Å²) in [5, 5.41) is 2.05. The highest BCUT2D eigenvalue weighted by Gasteiger charge is 2.33. The third-order valence-electron chi connectivity index (χ3n) is 4.90. The molecular weight excluding hydrogens is 374 g/mol. The third-order valence-corrected chi connectivity index (χ3v) is 5.78. The van der Waals surface area contributed by atoms with Gasteiger partial charge in [-0.25, -0.2) is 0 Å². The highest BCUT2D eigenvalue weighted by atomic mass is 32.2. The summed E-state index contributed by atoms with van der Waals surface area (Å²) in [7, 11) is -4.67. The molecule has 0 unspecified atom stereocenters. The first-order valence-electron chi connectivity index (χ1n) is 8.23. The zero-order valence-electron chi connectivity index (χ0n) is 14.0. The van der Waals surface area contributed by atoms with Crippen LogP contribution in [0.5, 0.6) is 0 Å². The first-order valence-corrected chi connectivity index (χ1v) is 9.67. The van der Waals surface area contributed by atoms with Crippen LogP contribution in [0.1, 0.15) is 44.7 Å². The second kappa shape index (κ2) is 5.76. The Labute approximate surface area is 153 Å². The van der Waals surface area contributed by atoms with Gasteiger partial charge in [0.05, 0.1) is 16.8 Å². The van der Waals surface area contributed by atoms with Crippen LogP contribution in [0.2, 0.25) is 0 Å². The van der Waals surface area contributed by atoms with Crippen molar-refractivity contribution in [2.45, 2.75) is 30.6 Å². The number of carbonyl (C=O) groups excluding carboxylic acids is 2. The van der Waals surface area contributed by atoms with Crippen LogP contribution in [0.3, 0.4) is 0 Å². The first-order chi connectivity index (χ1) is 12.7. The minimum absolute atomic E-state index is 0.143. The molecular formula is C17H15N3O6S. The zero-order chi connectivity index (χ0) is 19.5. The number of anilines is 1. The Morgan fingerprint density at radius 2 is 1.63 bits per heavy atom. The lowest BCUT2D eigenvalue weighted by atomic mass is 9.91. The Kier molecular flexibility index (Phi) is 3.72. The molecule has 4 N–H and O–H groups in total. The van der Waals surface area contributed by atoms with Crippen molar-refractivity contribution < 1.29 is 22.6 Å². The van der Waals surface area contributed by atoms with E-state index in [2.05, 4.69) is 0 Å². The van der Waals surface area contributed by atoms with Gasteiger partial charge in [-0.2, -0.15) is 8.42 Å². The van der Waals surface area contributed by atoms with Crippen LogP contribution in [-0.2, 0) is 23.0 Å². The smallest absolute Gasteiger partial charge is 0.296 e. The van der Waals surface area contributed by atoms with E-state index in [1.54, 1.807) is 0 Å². The van der Waals surface area contributed by atoms with E-state index in [-0.39, 0.29) is 22.6 Å². The van der Waals surface area contributed by atoms with Gasteiger partial charge in [0, 0.05) is 6.07 Å². The highest BCUT2D eigenvalue weighted by Crippen LogP contribution is 2.31. The Morgan fingerprint density at radius 3 is 2.26 bits per heavy atom. The van der Waals surface area contributed by atoms with Gasteiger partial charge >= 0.3 is 0 Å². The van der Waals surface area contributed by atoms with E-state index < -0.39 is 32.4 Å². The average Bonchev–Trinajstić information content (AvgIpc) is 2.87. The molecule has 0 spiro atoms. The lowest BCUT2D eigenvalue weighted by Gasteiger charge is -2.21. The number of imide groups is 1. The predicted octanol–water partition coefficient (Wildman–Crippen LogP) is 0.429. The van der Waals surface area contributed by atoms with Crippen molar-refractivity contribution in [2.24, 2.45) is 0 Å². The molecule has 2 heterocycles. The number of rotatable bonds is 2. The van der Waals surface area contributed by atoms with Gasteiger partial charge in [-0.3, -0.25) is 28.8 Å². The maximum atomic E-state index is 12.6. The summed E-state index contributed by atoms with van der Waals surface area (Å²) in [6.45, 7) is 0. The molecule has 0 bridgehead atoms. The number of aryl methyl sites for hydroxylation is 2. The van der Waals surface area contributed by atoms with E-state index in [4.69, 9.17) is 5.73 Å². The number of nitrogens with one attached hydrogen (secondary N) is 1. The molecule has 27 heavy (non-hydrogen) atoms. The number of carbonyl (C=O) groups is 2. The standard InChI is InChI=1S/C17H15N3O6S/c18-15-14-10(16(22)19-17(14)23)7-13(21)20(15)11-5-8-3-1-2-4-9(8)6-12(11)27(24,25)26/h5-7H,1-4,18H2,(H,19,22,23)(H,24,25,26). The van der Waals surface area contributed by atoms with Crippen molar-refractivity contribution >= 4 is 27.8 Å². The summed E-state index contributed by atoms with van der Waals surface area (Å²) in [6, 6.07) is 3.76. The fourth-order valence-electron chi connectivity index (χ4n) is 3.66. The van der Waals surface area contributed by atoms with Crippen molar-refractivity contribution in [3.8, 4) is 5.69 Å². The Bertz CT molecular complexity index is 1200. The van der Waals surface area contributed by atoms with E-state index in [1.807, 2.05) is 5.32 Å². The van der Waals surface area contributed by atoms with Crippen LogP contribution < -0.4 is 16.6 Å². The topological polar surface area (TPSA) is 149 Å². The van der Waals surface area contributed by atoms with Crippen molar-refractivity contribution in [3.63, 3.8) is 0 Å². The minimum Gasteiger partial charge on any atom is -0.384 e. The van der Waals surface area contributed by atoms with Gasteiger partial charge in [0.25, 0.3) is 27.5 Å². The van der Waals surface area contributed by atoms with Gasteiger partial charge in [0.2, 0.25) is 0 Å². The van der Waals surface area contributed by atoms with Crippen LogP contribution in [0.15, 0.2) is 27.9 Å². The van der Waals surface area contributed by atoms with Gasteiger partial charge < -0.3 is 5.73 Å². The number of nitrogens with two attached hydrogens (primary N) is 1. The molecule has 2 aliphatic rings. The van der Waals surface area contributed by atoms with Crippen LogP contribution >= 0.6 is 0 Å². The summed E-state index contributed by atoms with van der Waals surface area (Å²) in [4.78, 5) is 35.9. The molecule has 9 nitrogen and oxygen atoms in total. The predicted molar refractivity (Wildman–Crippen MR) is 94.7 cm³/mol. The monoisotopic (exact) mass is 389 g/mol. The fourth-order valence-corrected chi connectivity index (χ4v) is 4.36. The van der Waals surface area contributed by atoms with Crippen molar-refractivity contribution in [2.75, 3.05) is 5.73 Å². The van der Waals surface area contributed by atoms with Crippen LogP contribution in [0.25, 0.3) is 5.69 Å². The van der Waals surface area contributed by atoms with Crippen LogP contribution in [0, 0.1) is 0 Å². The number of fused-ring (bicyclic) bond motifs is 2. The van der Waals surface area contributed by atoms with Gasteiger partial charge in [-0.15, -0.1) is 0 Å². The molecule has 0 fully saturated rings. The second-order valence-corrected chi connectivity index (χ2v) is 7.94. The number of pyridine rings is 1. The number of hydrogen-bond donors (Lipinski definition) is 3. The first kappa shape index (κ1) is 17.4.